The van der Waals surface area contributed by atoms with Gasteiger partial charge in [-0.15, -0.1) is 0 Å². The first-order chi connectivity index (χ1) is 12.4. The van der Waals surface area contributed by atoms with Gasteiger partial charge in [0, 0.05) is 51.4 Å². The van der Waals surface area contributed by atoms with Gasteiger partial charge in [-0.1, -0.05) is 25.0 Å². The number of piperazine rings is 1. The summed E-state index contributed by atoms with van der Waals surface area (Å²) in [5.74, 6) is 0.139. The third-order valence-corrected chi connectivity index (χ3v) is 6.60. The van der Waals surface area contributed by atoms with Crippen LogP contribution in [0.3, 0.4) is 0 Å². The van der Waals surface area contributed by atoms with E-state index in [-0.39, 0.29) is 5.91 Å². The molecule has 2 aliphatic rings. The highest BCUT2D eigenvalue weighted by atomic mass is 32.2. The van der Waals surface area contributed by atoms with E-state index in [1.165, 1.54) is 23.4 Å². The number of nitrogens with zero attached hydrogens (tertiary/aromatic N) is 3. The van der Waals surface area contributed by atoms with Crippen molar-refractivity contribution < 1.29 is 13.2 Å². The second-order valence-electron chi connectivity index (χ2n) is 7.34. The minimum Gasteiger partial charge on any atom is -0.339 e. The van der Waals surface area contributed by atoms with Crippen LogP contribution in [-0.4, -0.2) is 74.0 Å². The molecule has 0 atom stereocenters. The molecule has 2 aliphatic heterocycles. The number of sulfonamides is 1. The van der Waals surface area contributed by atoms with Gasteiger partial charge in [0.25, 0.3) is 5.91 Å². The maximum atomic E-state index is 12.6. The first-order valence-corrected chi connectivity index (χ1v) is 11.3. The van der Waals surface area contributed by atoms with Crippen molar-refractivity contribution in [2.75, 3.05) is 45.5 Å². The summed E-state index contributed by atoms with van der Waals surface area (Å²) in [5.41, 5.74) is 1.92. The molecule has 0 aromatic heterocycles. The minimum atomic E-state index is -3.09. The number of benzene rings is 1. The summed E-state index contributed by atoms with van der Waals surface area (Å²) in [5, 5.41) is 0. The van der Waals surface area contributed by atoms with Crippen LogP contribution >= 0.6 is 0 Å². The van der Waals surface area contributed by atoms with E-state index >= 15 is 0 Å². The molecular formula is C19H29N3O3S. The van der Waals surface area contributed by atoms with Gasteiger partial charge in [0.05, 0.1) is 6.26 Å². The molecule has 7 heteroatoms. The maximum absolute atomic E-state index is 12.6. The van der Waals surface area contributed by atoms with E-state index in [0.29, 0.717) is 13.1 Å². The van der Waals surface area contributed by atoms with Crippen molar-refractivity contribution in [2.45, 2.75) is 32.2 Å². The summed E-state index contributed by atoms with van der Waals surface area (Å²) in [6.45, 7) is 5.09. The molecular weight excluding hydrogens is 350 g/mol. The normalized spacial score (nSPS) is 20.7. The fourth-order valence-electron chi connectivity index (χ4n) is 3.69. The van der Waals surface area contributed by atoms with E-state index in [4.69, 9.17) is 0 Å². The molecule has 26 heavy (non-hydrogen) atoms. The Morgan fingerprint density at radius 2 is 1.46 bits per heavy atom. The molecule has 0 radical (unpaired) electrons. The lowest BCUT2D eigenvalue weighted by molar-refractivity contribution is 0.0761. The summed E-state index contributed by atoms with van der Waals surface area (Å²) in [6.07, 6.45) is 5.90. The minimum absolute atomic E-state index is 0.139. The predicted molar refractivity (Wildman–Crippen MR) is 103 cm³/mol. The van der Waals surface area contributed by atoms with E-state index in [0.717, 1.165) is 56.7 Å². The van der Waals surface area contributed by atoms with Gasteiger partial charge in [0.1, 0.15) is 0 Å². The average Bonchev–Trinajstić information content (AvgIpc) is 2.91. The summed E-state index contributed by atoms with van der Waals surface area (Å²) in [6, 6.07) is 7.90. The van der Waals surface area contributed by atoms with Crippen molar-refractivity contribution >= 4 is 15.9 Å². The Hall–Kier alpha value is -1.44. The summed E-state index contributed by atoms with van der Waals surface area (Å²) in [7, 11) is -3.09. The number of carbonyl (C=O) groups excluding carboxylic acids is 1. The third-order valence-electron chi connectivity index (χ3n) is 5.30. The van der Waals surface area contributed by atoms with Crippen molar-refractivity contribution in [3.8, 4) is 0 Å². The topological polar surface area (TPSA) is 60.9 Å². The summed E-state index contributed by atoms with van der Waals surface area (Å²) < 4.78 is 24.7. The van der Waals surface area contributed by atoms with Crippen LogP contribution in [0.25, 0.3) is 0 Å². The molecule has 0 N–H and O–H groups in total. The Morgan fingerprint density at radius 1 is 0.885 bits per heavy atom. The molecule has 0 unspecified atom stereocenters. The molecule has 0 bridgehead atoms. The van der Waals surface area contributed by atoms with Gasteiger partial charge in [-0.3, -0.25) is 9.69 Å². The van der Waals surface area contributed by atoms with E-state index in [1.807, 2.05) is 29.2 Å². The molecule has 0 aliphatic carbocycles. The summed E-state index contributed by atoms with van der Waals surface area (Å²) >= 11 is 0. The Kier molecular flexibility index (Phi) is 6.32. The van der Waals surface area contributed by atoms with Gasteiger partial charge in [0.15, 0.2) is 0 Å². The molecule has 1 amide bonds. The fraction of sp³-hybridized carbons (Fsp3) is 0.632. The highest BCUT2D eigenvalue weighted by Crippen LogP contribution is 2.15. The Morgan fingerprint density at radius 3 is 2.00 bits per heavy atom. The molecule has 0 spiro atoms. The van der Waals surface area contributed by atoms with E-state index in [2.05, 4.69) is 4.90 Å². The quantitative estimate of drug-likeness (QED) is 0.800. The van der Waals surface area contributed by atoms with Crippen LogP contribution in [0, 0.1) is 0 Å². The summed E-state index contributed by atoms with van der Waals surface area (Å²) in [4.78, 5) is 16.9. The molecule has 2 heterocycles. The zero-order chi connectivity index (χ0) is 18.6. The number of carbonyl (C=O) groups is 1. The van der Waals surface area contributed by atoms with Gasteiger partial charge >= 0.3 is 0 Å². The lowest BCUT2D eigenvalue weighted by Gasteiger charge is -2.33. The molecule has 2 saturated heterocycles. The van der Waals surface area contributed by atoms with Gasteiger partial charge in [-0.05, 0) is 30.5 Å². The van der Waals surface area contributed by atoms with Crippen molar-refractivity contribution in [3.05, 3.63) is 35.4 Å². The van der Waals surface area contributed by atoms with Crippen LogP contribution in [-0.2, 0) is 16.6 Å². The van der Waals surface area contributed by atoms with Crippen LogP contribution in [0.2, 0.25) is 0 Å². The molecule has 6 nitrogen and oxygen atoms in total. The van der Waals surface area contributed by atoms with Crippen LogP contribution < -0.4 is 0 Å². The van der Waals surface area contributed by atoms with Crippen LogP contribution in [0.1, 0.15) is 41.6 Å². The number of rotatable bonds is 4. The van der Waals surface area contributed by atoms with Crippen molar-refractivity contribution in [3.63, 3.8) is 0 Å². The number of likely N-dealkylation sites (tertiary alicyclic amines) is 1. The van der Waals surface area contributed by atoms with Gasteiger partial charge < -0.3 is 4.90 Å². The Bertz CT molecular complexity index is 702. The number of hydrogen-bond donors (Lipinski definition) is 0. The van der Waals surface area contributed by atoms with Crippen molar-refractivity contribution in [2.24, 2.45) is 0 Å². The Balaban J connectivity index is 1.54. The van der Waals surface area contributed by atoms with Crippen LogP contribution in [0.4, 0.5) is 0 Å². The van der Waals surface area contributed by atoms with Crippen LogP contribution in [0.5, 0.6) is 0 Å². The zero-order valence-electron chi connectivity index (χ0n) is 15.6. The molecule has 3 rings (SSSR count). The van der Waals surface area contributed by atoms with E-state index in [9.17, 15) is 13.2 Å². The lowest BCUT2D eigenvalue weighted by atomic mass is 10.1. The van der Waals surface area contributed by atoms with Gasteiger partial charge in [-0.25, -0.2) is 8.42 Å². The van der Waals surface area contributed by atoms with Crippen LogP contribution in [0.15, 0.2) is 24.3 Å². The van der Waals surface area contributed by atoms with E-state index < -0.39 is 10.0 Å². The Labute approximate surface area is 156 Å². The first kappa shape index (κ1) is 19.3. The average molecular weight is 380 g/mol. The predicted octanol–water partition coefficient (Wildman–Crippen LogP) is 1.78. The number of amides is 1. The van der Waals surface area contributed by atoms with Gasteiger partial charge in [-0.2, -0.15) is 4.31 Å². The van der Waals surface area contributed by atoms with Gasteiger partial charge in [0.2, 0.25) is 10.0 Å². The molecule has 144 valence electrons. The van der Waals surface area contributed by atoms with Crippen molar-refractivity contribution in [1.29, 1.82) is 0 Å². The first-order valence-electron chi connectivity index (χ1n) is 9.49. The SMILES string of the molecule is CS(=O)(=O)N1CCN(Cc2ccc(C(=O)N3CCCCCC3)cc2)CC1. The maximum Gasteiger partial charge on any atom is 0.253 e. The standard InChI is InChI=1S/C19H29N3O3S/c1-26(24,25)22-14-12-20(13-15-22)16-17-6-8-18(9-7-17)19(23)21-10-4-2-3-5-11-21/h6-9H,2-5,10-16H2,1H3. The highest BCUT2D eigenvalue weighted by molar-refractivity contribution is 7.88. The smallest absolute Gasteiger partial charge is 0.253 e. The fourth-order valence-corrected chi connectivity index (χ4v) is 4.51. The monoisotopic (exact) mass is 379 g/mol. The lowest BCUT2D eigenvalue weighted by Crippen LogP contribution is -2.47. The molecule has 0 saturated carbocycles. The number of hydrogen-bond acceptors (Lipinski definition) is 4. The largest absolute Gasteiger partial charge is 0.339 e. The third kappa shape index (κ3) is 5.05. The second kappa shape index (κ2) is 8.50. The molecule has 1 aromatic rings. The van der Waals surface area contributed by atoms with Crippen molar-refractivity contribution in [1.82, 2.24) is 14.1 Å². The van der Waals surface area contributed by atoms with E-state index in [1.54, 1.807) is 0 Å². The second-order valence-corrected chi connectivity index (χ2v) is 9.32. The molecule has 1 aromatic carbocycles. The zero-order valence-corrected chi connectivity index (χ0v) is 16.4. The highest BCUT2D eigenvalue weighted by Gasteiger charge is 2.23. The molecule has 2 fully saturated rings.